The number of hydrogen-bond donors (Lipinski definition) is 1. The highest BCUT2D eigenvalue weighted by Crippen LogP contribution is 2.37. The maximum Gasteiger partial charge on any atom is 0.254 e. The normalized spacial score (nSPS) is 19.0. The third-order valence-corrected chi connectivity index (χ3v) is 4.09. The van der Waals surface area contributed by atoms with Gasteiger partial charge in [0.15, 0.2) is 0 Å². The lowest BCUT2D eigenvalue weighted by Crippen LogP contribution is -2.35. The lowest BCUT2D eigenvalue weighted by atomic mass is 10.1. The van der Waals surface area contributed by atoms with E-state index in [2.05, 4.69) is 14.9 Å². The van der Waals surface area contributed by atoms with Crippen molar-refractivity contribution in [3.05, 3.63) is 51.6 Å². The smallest absolute Gasteiger partial charge is 0.254 e. The largest absolute Gasteiger partial charge is 0.468 e. The predicted octanol–water partition coefficient (Wildman–Crippen LogP) is 1.80. The first kappa shape index (κ1) is 11.9. The second kappa shape index (κ2) is 4.59. The van der Waals surface area contributed by atoms with Crippen LogP contribution in [0.1, 0.15) is 41.6 Å². The Hall–Kier alpha value is -1.88. The van der Waals surface area contributed by atoms with E-state index in [4.69, 9.17) is 4.42 Å². The minimum Gasteiger partial charge on any atom is -0.468 e. The van der Waals surface area contributed by atoms with Gasteiger partial charge < -0.3 is 9.40 Å². The van der Waals surface area contributed by atoms with Crippen molar-refractivity contribution in [1.82, 2.24) is 14.9 Å². The van der Waals surface area contributed by atoms with E-state index in [-0.39, 0.29) is 5.56 Å². The van der Waals surface area contributed by atoms with E-state index < -0.39 is 0 Å². The maximum absolute atomic E-state index is 12.1. The van der Waals surface area contributed by atoms with Gasteiger partial charge in [-0.05, 0) is 31.4 Å². The first-order valence-electron chi connectivity index (χ1n) is 7.16. The molecule has 0 amide bonds. The van der Waals surface area contributed by atoms with Gasteiger partial charge in [0.25, 0.3) is 5.56 Å². The summed E-state index contributed by atoms with van der Waals surface area (Å²) < 4.78 is 5.39. The number of hydrogen-bond acceptors (Lipinski definition) is 4. The molecule has 20 heavy (non-hydrogen) atoms. The van der Waals surface area contributed by atoms with E-state index in [0.717, 1.165) is 61.7 Å². The standard InChI is InChI=1S/C15H17N3O2/c19-15-12-5-6-18(8-11-2-1-7-20-11)9-13(12)16-14(17-15)10-3-4-10/h1-2,7,10H,3-6,8-9H2,(H,16,17,19). The molecule has 1 fully saturated rings. The highest BCUT2D eigenvalue weighted by atomic mass is 16.3. The number of nitrogens with one attached hydrogen (secondary N) is 1. The molecule has 5 heteroatoms. The first-order chi connectivity index (χ1) is 9.79. The molecule has 104 valence electrons. The van der Waals surface area contributed by atoms with Gasteiger partial charge in [-0.2, -0.15) is 0 Å². The average Bonchev–Trinajstić information content (AvgIpc) is 3.17. The zero-order valence-corrected chi connectivity index (χ0v) is 11.3. The molecule has 0 unspecified atom stereocenters. The topological polar surface area (TPSA) is 62.1 Å². The van der Waals surface area contributed by atoms with Crippen LogP contribution in [0.2, 0.25) is 0 Å². The summed E-state index contributed by atoms with van der Waals surface area (Å²) in [5, 5.41) is 0. The Labute approximate surface area is 116 Å². The molecule has 4 rings (SSSR count). The molecule has 0 radical (unpaired) electrons. The van der Waals surface area contributed by atoms with Gasteiger partial charge >= 0.3 is 0 Å². The molecule has 0 saturated heterocycles. The summed E-state index contributed by atoms with van der Waals surface area (Å²) in [6, 6.07) is 3.89. The van der Waals surface area contributed by atoms with Crippen molar-refractivity contribution in [2.24, 2.45) is 0 Å². The maximum atomic E-state index is 12.1. The molecule has 0 aromatic carbocycles. The van der Waals surface area contributed by atoms with E-state index in [1.807, 2.05) is 12.1 Å². The van der Waals surface area contributed by atoms with Crippen molar-refractivity contribution >= 4 is 0 Å². The summed E-state index contributed by atoms with van der Waals surface area (Å²) in [4.78, 5) is 22.0. The molecule has 2 aromatic heterocycles. The number of H-pyrrole nitrogens is 1. The fourth-order valence-electron chi connectivity index (χ4n) is 2.82. The lowest BCUT2D eigenvalue weighted by molar-refractivity contribution is 0.221. The molecule has 2 aliphatic rings. The minimum atomic E-state index is 0.0644. The van der Waals surface area contributed by atoms with E-state index in [1.54, 1.807) is 6.26 Å². The van der Waals surface area contributed by atoms with Gasteiger partial charge in [-0.1, -0.05) is 0 Å². The summed E-state index contributed by atoms with van der Waals surface area (Å²) in [5.74, 6) is 2.32. The van der Waals surface area contributed by atoms with Crippen molar-refractivity contribution < 1.29 is 4.42 Å². The third kappa shape index (κ3) is 2.18. The van der Waals surface area contributed by atoms with Crippen LogP contribution in [0.25, 0.3) is 0 Å². The Morgan fingerprint density at radius 1 is 1.45 bits per heavy atom. The molecular weight excluding hydrogens is 254 g/mol. The molecular formula is C15H17N3O2. The van der Waals surface area contributed by atoms with E-state index in [9.17, 15) is 4.79 Å². The molecule has 1 aliphatic heterocycles. The SMILES string of the molecule is O=c1[nH]c(C2CC2)nc2c1CCN(Cc1ccco1)C2. The quantitative estimate of drug-likeness (QED) is 0.924. The van der Waals surface area contributed by atoms with Gasteiger partial charge in [-0.25, -0.2) is 4.98 Å². The Kier molecular flexibility index (Phi) is 2.73. The zero-order valence-electron chi connectivity index (χ0n) is 11.3. The monoisotopic (exact) mass is 271 g/mol. The van der Waals surface area contributed by atoms with Gasteiger partial charge in [0.1, 0.15) is 11.6 Å². The van der Waals surface area contributed by atoms with Crippen LogP contribution in [-0.2, 0) is 19.5 Å². The number of furan rings is 1. The van der Waals surface area contributed by atoms with E-state index in [1.165, 1.54) is 0 Å². The molecule has 1 aliphatic carbocycles. The summed E-state index contributed by atoms with van der Waals surface area (Å²) in [6.45, 7) is 2.39. The summed E-state index contributed by atoms with van der Waals surface area (Å²) in [5.41, 5.74) is 1.88. The van der Waals surface area contributed by atoms with Crippen LogP contribution in [-0.4, -0.2) is 21.4 Å². The second-order valence-corrected chi connectivity index (χ2v) is 5.69. The Morgan fingerprint density at radius 2 is 2.35 bits per heavy atom. The van der Waals surface area contributed by atoms with Crippen LogP contribution >= 0.6 is 0 Å². The zero-order chi connectivity index (χ0) is 13.5. The number of rotatable bonds is 3. The molecule has 3 heterocycles. The lowest BCUT2D eigenvalue weighted by Gasteiger charge is -2.26. The third-order valence-electron chi connectivity index (χ3n) is 4.09. The van der Waals surface area contributed by atoms with Crippen molar-refractivity contribution in [1.29, 1.82) is 0 Å². The van der Waals surface area contributed by atoms with E-state index >= 15 is 0 Å². The van der Waals surface area contributed by atoms with Crippen LogP contribution < -0.4 is 5.56 Å². The number of fused-ring (bicyclic) bond motifs is 1. The molecule has 0 bridgehead atoms. The molecule has 0 spiro atoms. The number of aromatic amines is 1. The summed E-state index contributed by atoms with van der Waals surface area (Å²) in [6.07, 6.45) is 4.76. The molecule has 1 N–H and O–H groups in total. The molecule has 2 aromatic rings. The van der Waals surface area contributed by atoms with Crippen LogP contribution in [0.4, 0.5) is 0 Å². The highest BCUT2D eigenvalue weighted by molar-refractivity contribution is 5.23. The van der Waals surface area contributed by atoms with Gasteiger partial charge in [0.2, 0.25) is 0 Å². The van der Waals surface area contributed by atoms with Gasteiger partial charge in [-0.3, -0.25) is 9.69 Å². The van der Waals surface area contributed by atoms with Crippen molar-refractivity contribution in [2.45, 2.75) is 38.3 Å². The van der Waals surface area contributed by atoms with Crippen LogP contribution in [0, 0.1) is 0 Å². The van der Waals surface area contributed by atoms with Crippen molar-refractivity contribution in [2.75, 3.05) is 6.54 Å². The predicted molar refractivity (Wildman–Crippen MR) is 73.4 cm³/mol. The summed E-state index contributed by atoms with van der Waals surface area (Å²) in [7, 11) is 0. The van der Waals surface area contributed by atoms with Gasteiger partial charge in [-0.15, -0.1) is 0 Å². The van der Waals surface area contributed by atoms with Crippen LogP contribution in [0.3, 0.4) is 0 Å². The fourth-order valence-corrected chi connectivity index (χ4v) is 2.82. The molecule has 5 nitrogen and oxygen atoms in total. The minimum absolute atomic E-state index is 0.0644. The number of aromatic nitrogens is 2. The number of nitrogens with zero attached hydrogens (tertiary/aromatic N) is 2. The van der Waals surface area contributed by atoms with Crippen molar-refractivity contribution in [3.8, 4) is 0 Å². The molecule has 0 atom stereocenters. The Morgan fingerprint density at radius 3 is 3.10 bits per heavy atom. The first-order valence-corrected chi connectivity index (χ1v) is 7.16. The van der Waals surface area contributed by atoms with Gasteiger partial charge in [0.05, 0.1) is 18.5 Å². The van der Waals surface area contributed by atoms with E-state index in [0.29, 0.717) is 5.92 Å². The Bertz CT molecular complexity index is 671. The summed E-state index contributed by atoms with van der Waals surface area (Å²) >= 11 is 0. The Balaban J connectivity index is 1.59. The molecule has 1 saturated carbocycles. The average molecular weight is 271 g/mol. The van der Waals surface area contributed by atoms with Crippen LogP contribution in [0.15, 0.2) is 27.6 Å². The van der Waals surface area contributed by atoms with Crippen molar-refractivity contribution in [3.63, 3.8) is 0 Å². The second-order valence-electron chi connectivity index (χ2n) is 5.69. The highest BCUT2D eigenvalue weighted by Gasteiger charge is 2.29. The van der Waals surface area contributed by atoms with Gasteiger partial charge in [0, 0.05) is 24.6 Å². The fraction of sp³-hybridized carbons (Fsp3) is 0.467. The van der Waals surface area contributed by atoms with Crippen LogP contribution in [0.5, 0.6) is 0 Å².